The molecule has 0 spiro atoms. The van der Waals surface area contributed by atoms with E-state index in [2.05, 4.69) is 10.0 Å². The first-order valence-corrected chi connectivity index (χ1v) is 7.45. The molecule has 2 fully saturated rings. The van der Waals surface area contributed by atoms with Crippen LogP contribution in [0.5, 0.6) is 0 Å². The largest absolute Gasteiger partial charge is 0.313 e. The number of hydrogen-bond acceptors (Lipinski definition) is 3. The summed E-state index contributed by atoms with van der Waals surface area (Å²) >= 11 is 0. The van der Waals surface area contributed by atoms with E-state index in [0.717, 1.165) is 32.2 Å². The standard InChI is InChI=1S/C10H20N2O2S/c13-15(14,10-3-1-2-4-10)12-8-7-11-9-5-6-9/h9-12H,1-8H2. The molecule has 15 heavy (non-hydrogen) atoms. The van der Waals surface area contributed by atoms with E-state index in [0.29, 0.717) is 12.6 Å². The molecule has 0 aromatic carbocycles. The fourth-order valence-corrected chi connectivity index (χ4v) is 3.65. The highest BCUT2D eigenvalue weighted by atomic mass is 32.2. The van der Waals surface area contributed by atoms with Crippen molar-refractivity contribution < 1.29 is 8.42 Å². The lowest BCUT2D eigenvalue weighted by atomic mass is 10.4. The van der Waals surface area contributed by atoms with Gasteiger partial charge in [-0.3, -0.25) is 0 Å². The minimum Gasteiger partial charge on any atom is -0.313 e. The van der Waals surface area contributed by atoms with Crippen molar-refractivity contribution in [2.45, 2.75) is 49.8 Å². The second kappa shape index (κ2) is 4.80. The van der Waals surface area contributed by atoms with E-state index in [4.69, 9.17) is 0 Å². The van der Waals surface area contributed by atoms with E-state index in [1.165, 1.54) is 12.8 Å². The number of nitrogens with one attached hydrogen (secondary N) is 2. The summed E-state index contributed by atoms with van der Waals surface area (Å²) in [5.41, 5.74) is 0. The Morgan fingerprint density at radius 1 is 1.00 bits per heavy atom. The average Bonchev–Trinajstić information content (AvgIpc) is 2.83. The minimum absolute atomic E-state index is 0.126. The minimum atomic E-state index is -3.03. The van der Waals surface area contributed by atoms with Gasteiger partial charge in [-0.05, 0) is 25.7 Å². The molecule has 0 unspecified atom stereocenters. The van der Waals surface area contributed by atoms with Crippen molar-refractivity contribution in [1.29, 1.82) is 0 Å². The van der Waals surface area contributed by atoms with Gasteiger partial charge in [0.05, 0.1) is 5.25 Å². The van der Waals surface area contributed by atoms with E-state index in [-0.39, 0.29) is 5.25 Å². The molecule has 0 bridgehead atoms. The van der Waals surface area contributed by atoms with Crippen molar-refractivity contribution >= 4 is 10.0 Å². The zero-order valence-corrected chi connectivity index (χ0v) is 9.85. The SMILES string of the molecule is O=S(=O)(NCCNC1CC1)C1CCCC1. The number of hydrogen-bond donors (Lipinski definition) is 2. The molecule has 0 aromatic rings. The van der Waals surface area contributed by atoms with Crippen LogP contribution in [0.15, 0.2) is 0 Å². The molecule has 2 aliphatic rings. The third kappa shape index (κ3) is 3.43. The number of rotatable bonds is 6. The van der Waals surface area contributed by atoms with Gasteiger partial charge in [-0.1, -0.05) is 12.8 Å². The second-order valence-electron chi connectivity index (χ2n) is 4.57. The van der Waals surface area contributed by atoms with Gasteiger partial charge in [0.2, 0.25) is 10.0 Å². The summed E-state index contributed by atoms with van der Waals surface area (Å²) in [6.45, 7) is 1.30. The molecule has 0 radical (unpaired) electrons. The Bertz CT molecular complexity index is 293. The van der Waals surface area contributed by atoms with E-state index in [9.17, 15) is 8.42 Å². The van der Waals surface area contributed by atoms with Gasteiger partial charge in [0, 0.05) is 19.1 Å². The van der Waals surface area contributed by atoms with Gasteiger partial charge in [-0.25, -0.2) is 13.1 Å². The van der Waals surface area contributed by atoms with E-state index < -0.39 is 10.0 Å². The van der Waals surface area contributed by atoms with Crippen molar-refractivity contribution in [3.8, 4) is 0 Å². The zero-order chi connectivity index (χ0) is 10.7. The molecule has 5 heteroatoms. The van der Waals surface area contributed by atoms with E-state index in [1.807, 2.05) is 0 Å². The van der Waals surface area contributed by atoms with Crippen LogP contribution in [-0.2, 0) is 10.0 Å². The van der Waals surface area contributed by atoms with Crippen LogP contribution in [0, 0.1) is 0 Å². The fourth-order valence-electron chi connectivity index (χ4n) is 2.07. The van der Waals surface area contributed by atoms with Crippen LogP contribution >= 0.6 is 0 Å². The lowest BCUT2D eigenvalue weighted by Gasteiger charge is -2.12. The summed E-state index contributed by atoms with van der Waals surface area (Å²) in [5.74, 6) is 0. The van der Waals surface area contributed by atoms with Crippen LogP contribution in [0.4, 0.5) is 0 Å². The maximum atomic E-state index is 11.8. The summed E-state index contributed by atoms with van der Waals surface area (Å²) in [6.07, 6.45) is 6.29. The summed E-state index contributed by atoms with van der Waals surface area (Å²) in [7, 11) is -3.03. The van der Waals surface area contributed by atoms with Crippen molar-refractivity contribution in [3.63, 3.8) is 0 Å². The Labute approximate surface area is 91.9 Å². The summed E-state index contributed by atoms with van der Waals surface area (Å²) in [6, 6.07) is 0.654. The Kier molecular flexibility index (Phi) is 3.64. The summed E-state index contributed by atoms with van der Waals surface area (Å²) in [5, 5.41) is 3.17. The Balaban J connectivity index is 1.66. The zero-order valence-electron chi connectivity index (χ0n) is 9.04. The normalized spacial score (nSPS) is 23.5. The van der Waals surface area contributed by atoms with Gasteiger partial charge < -0.3 is 5.32 Å². The molecule has 0 aromatic heterocycles. The maximum Gasteiger partial charge on any atom is 0.214 e. The van der Waals surface area contributed by atoms with Crippen molar-refractivity contribution in [1.82, 2.24) is 10.0 Å². The van der Waals surface area contributed by atoms with Gasteiger partial charge in [0.1, 0.15) is 0 Å². The van der Waals surface area contributed by atoms with Gasteiger partial charge in [0.15, 0.2) is 0 Å². The predicted molar refractivity (Wildman–Crippen MR) is 60.2 cm³/mol. The van der Waals surface area contributed by atoms with Crippen LogP contribution in [-0.4, -0.2) is 32.8 Å². The first-order chi connectivity index (χ1) is 7.18. The third-order valence-corrected chi connectivity index (χ3v) is 5.14. The molecule has 88 valence electrons. The first kappa shape index (κ1) is 11.4. The molecule has 0 heterocycles. The molecule has 2 aliphatic carbocycles. The fraction of sp³-hybridized carbons (Fsp3) is 1.00. The molecule has 0 aliphatic heterocycles. The van der Waals surface area contributed by atoms with Crippen LogP contribution in [0.2, 0.25) is 0 Å². The van der Waals surface area contributed by atoms with Crippen LogP contribution in [0.3, 0.4) is 0 Å². The average molecular weight is 232 g/mol. The number of sulfonamides is 1. The Hall–Kier alpha value is -0.130. The van der Waals surface area contributed by atoms with Gasteiger partial charge in [-0.15, -0.1) is 0 Å². The molecule has 2 rings (SSSR count). The molecular weight excluding hydrogens is 212 g/mol. The third-order valence-electron chi connectivity index (χ3n) is 3.18. The summed E-state index contributed by atoms with van der Waals surface area (Å²) in [4.78, 5) is 0. The van der Waals surface area contributed by atoms with Gasteiger partial charge >= 0.3 is 0 Å². The molecule has 0 saturated heterocycles. The van der Waals surface area contributed by atoms with Crippen molar-refractivity contribution in [2.75, 3.05) is 13.1 Å². The van der Waals surface area contributed by atoms with Gasteiger partial charge in [0.25, 0.3) is 0 Å². The maximum absolute atomic E-state index is 11.8. The van der Waals surface area contributed by atoms with E-state index in [1.54, 1.807) is 0 Å². The molecular formula is C10H20N2O2S. The molecule has 0 atom stereocenters. The second-order valence-corrected chi connectivity index (χ2v) is 6.62. The lowest BCUT2D eigenvalue weighted by molar-refractivity contribution is 0.559. The highest BCUT2D eigenvalue weighted by Gasteiger charge is 2.28. The quantitative estimate of drug-likeness (QED) is 0.659. The van der Waals surface area contributed by atoms with E-state index >= 15 is 0 Å². The highest BCUT2D eigenvalue weighted by molar-refractivity contribution is 7.90. The Morgan fingerprint density at radius 3 is 2.27 bits per heavy atom. The van der Waals surface area contributed by atoms with Crippen molar-refractivity contribution in [3.05, 3.63) is 0 Å². The molecule has 2 N–H and O–H groups in total. The Morgan fingerprint density at radius 2 is 1.67 bits per heavy atom. The summed E-state index contributed by atoms with van der Waals surface area (Å²) < 4.78 is 26.2. The molecule has 4 nitrogen and oxygen atoms in total. The van der Waals surface area contributed by atoms with Crippen molar-refractivity contribution in [2.24, 2.45) is 0 Å². The molecule has 0 amide bonds. The van der Waals surface area contributed by atoms with Crippen LogP contribution in [0.1, 0.15) is 38.5 Å². The van der Waals surface area contributed by atoms with Gasteiger partial charge in [-0.2, -0.15) is 0 Å². The predicted octanol–water partition coefficient (Wildman–Crippen LogP) is 0.600. The topological polar surface area (TPSA) is 58.2 Å². The van der Waals surface area contributed by atoms with Crippen LogP contribution in [0.25, 0.3) is 0 Å². The lowest BCUT2D eigenvalue weighted by Crippen LogP contribution is -2.37. The first-order valence-electron chi connectivity index (χ1n) is 5.90. The highest BCUT2D eigenvalue weighted by Crippen LogP contribution is 2.23. The smallest absolute Gasteiger partial charge is 0.214 e. The molecule has 2 saturated carbocycles. The van der Waals surface area contributed by atoms with Crippen LogP contribution < -0.4 is 10.0 Å². The monoisotopic (exact) mass is 232 g/mol.